The van der Waals surface area contributed by atoms with Crippen LogP contribution >= 0.6 is 0 Å². The minimum atomic E-state index is -0.0392. The maximum Gasteiger partial charge on any atom is 0.257 e. The van der Waals surface area contributed by atoms with Crippen LogP contribution in [0.25, 0.3) is 0 Å². The van der Waals surface area contributed by atoms with Crippen molar-refractivity contribution in [1.82, 2.24) is 10.2 Å². The largest absolute Gasteiger partial charge is 0.472 e. The fourth-order valence-corrected chi connectivity index (χ4v) is 2.89. The minimum absolute atomic E-state index is 0.0116. The Hall–Kier alpha value is -2.56. The SMILES string of the molecule is Cc1ccccc1C(=O)NC1CCN(C(=O)c2ccoc2)CC1. The van der Waals surface area contributed by atoms with Gasteiger partial charge in [-0.05, 0) is 37.5 Å². The van der Waals surface area contributed by atoms with E-state index in [0.717, 1.165) is 18.4 Å². The van der Waals surface area contributed by atoms with Gasteiger partial charge in [-0.3, -0.25) is 9.59 Å². The van der Waals surface area contributed by atoms with Crippen LogP contribution in [0.4, 0.5) is 0 Å². The Morgan fingerprint density at radius 1 is 1.17 bits per heavy atom. The smallest absolute Gasteiger partial charge is 0.257 e. The van der Waals surface area contributed by atoms with Gasteiger partial charge in [0.1, 0.15) is 6.26 Å². The molecule has 1 aliphatic heterocycles. The summed E-state index contributed by atoms with van der Waals surface area (Å²) in [5.41, 5.74) is 2.26. The molecule has 0 unspecified atom stereocenters. The van der Waals surface area contributed by atoms with E-state index >= 15 is 0 Å². The van der Waals surface area contributed by atoms with Crippen LogP contribution in [-0.2, 0) is 0 Å². The summed E-state index contributed by atoms with van der Waals surface area (Å²) >= 11 is 0. The van der Waals surface area contributed by atoms with Gasteiger partial charge in [-0.15, -0.1) is 0 Å². The van der Waals surface area contributed by atoms with Crippen LogP contribution < -0.4 is 5.32 Å². The van der Waals surface area contributed by atoms with Crippen molar-refractivity contribution in [3.8, 4) is 0 Å². The van der Waals surface area contributed by atoms with Gasteiger partial charge in [0, 0.05) is 24.7 Å². The van der Waals surface area contributed by atoms with Crippen LogP contribution in [0.2, 0.25) is 0 Å². The maximum absolute atomic E-state index is 12.3. The van der Waals surface area contributed by atoms with Gasteiger partial charge in [0.2, 0.25) is 0 Å². The van der Waals surface area contributed by atoms with Crippen molar-refractivity contribution in [2.45, 2.75) is 25.8 Å². The number of rotatable bonds is 3. The van der Waals surface area contributed by atoms with Crippen LogP contribution in [0.5, 0.6) is 0 Å². The average Bonchev–Trinajstić information content (AvgIpc) is 3.09. The van der Waals surface area contributed by atoms with Gasteiger partial charge in [0.15, 0.2) is 0 Å². The molecule has 0 aliphatic carbocycles. The third kappa shape index (κ3) is 3.44. The molecule has 2 heterocycles. The Kier molecular flexibility index (Phi) is 4.46. The minimum Gasteiger partial charge on any atom is -0.472 e. The summed E-state index contributed by atoms with van der Waals surface area (Å²) in [6, 6.07) is 9.34. The number of piperidine rings is 1. The zero-order chi connectivity index (χ0) is 16.2. The van der Waals surface area contributed by atoms with Crippen LogP contribution in [0.15, 0.2) is 47.3 Å². The highest BCUT2D eigenvalue weighted by Gasteiger charge is 2.25. The van der Waals surface area contributed by atoms with E-state index in [2.05, 4.69) is 5.32 Å². The zero-order valence-corrected chi connectivity index (χ0v) is 13.1. The Morgan fingerprint density at radius 2 is 1.91 bits per heavy atom. The first kappa shape index (κ1) is 15.3. The lowest BCUT2D eigenvalue weighted by atomic mass is 10.0. The molecule has 0 radical (unpaired) electrons. The molecule has 5 nitrogen and oxygen atoms in total. The molecule has 3 rings (SSSR count). The number of nitrogens with one attached hydrogen (secondary N) is 1. The first-order valence-corrected chi connectivity index (χ1v) is 7.83. The van der Waals surface area contributed by atoms with Crippen LogP contribution in [0.1, 0.15) is 39.1 Å². The van der Waals surface area contributed by atoms with Gasteiger partial charge in [0.25, 0.3) is 11.8 Å². The molecule has 1 aromatic carbocycles. The van der Waals surface area contributed by atoms with Crippen LogP contribution in [0.3, 0.4) is 0 Å². The van der Waals surface area contributed by atoms with Gasteiger partial charge in [0.05, 0.1) is 11.8 Å². The third-order valence-electron chi connectivity index (χ3n) is 4.28. The molecule has 1 N–H and O–H groups in total. The van der Waals surface area contributed by atoms with E-state index in [-0.39, 0.29) is 17.9 Å². The van der Waals surface area contributed by atoms with E-state index in [9.17, 15) is 9.59 Å². The number of amides is 2. The number of likely N-dealkylation sites (tertiary alicyclic amines) is 1. The Labute approximate surface area is 135 Å². The number of furan rings is 1. The Morgan fingerprint density at radius 3 is 2.57 bits per heavy atom. The molecule has 5 heteroatoms. The highest BCUT2D eigenvalue weighted by atomic mass is 16.3. The Bertz CT molecular complexity index is 686. The molecular weight excluding hydrogens is 292 g/mol. The molecule has 1 aromatic heterocycles. The van der Waals surface area contributed by atoms with Crippen LogP contribution in [0, 0.1) is 6.92 Å². The predicted octanol–water partition coefficient (Wildman–Crippen LogP) is 2.62. The summed E-state index contributed by atoms with van der Waals surface area (Å²) in [6.45, 7) is 3.21. The Balaban J connectivity index is 1.54. The van der Waals surface area contributed by atoms with Crippen molar-refractivity contribution in [3.05, 3.63) is 59.5 Å². The van der Waals surface area contributed by atoms with Gasteiger partial charge in [-0.25, -0.2) is 0 Å². The molecule has 120 valence electrons. The van der Waals surface area contributed by atoms with Gasteiger partial charge >= 0.3 is 0 Å². The second-order valence-electron chi connectivity index (χ2n) is 5.87. The summed E-state index contributed by atoms with van der Waals surface area (Å²) in [4.78, 5) is 26.4. The molecule has 1 aliphatic rings. The highest BCUT2D eigenvalue weighted by molar-refractivity contribution is 5.96. The second-order valence-corrected chi connectivity index (χ2v) is 5.87. The van der Waals surface area contributed by atoms with E-state index in [4.69, 9.17) is 4.42 Å². The number of carbonyl (C=O) groups is 2. The number of hydrogen-bond donors (Lipinski definition) is 1. The number of hydrogen-bond acceptors (Lipinski definition) is 3. The fraction of sp³-hybridized carbons (Fsp3) is 0.333. The number of nitrogens with zero attached hydrogens (tertiary/aromatic N) is 1. The fourth-order valence-electron chi connectivity index (χ4n) is 2.89. The molecule has 2 aromatic rings. The number of aryl methyl sites for hydroxylation is 1. The summed E-state index contributed by atoms with van der Waals surface area (Å²) < 4.78 is 4.96. The normalized spacial score (nSPS) is 15.4. The first-order chi connectivity index (χ1) is 11.1. The van der Waals surface area contributed by atoms with E-state index in [1.165, 1.54) is 12.5 Å². The predicted molar refractivity (Wildman–Crippen MR) is 86.3 cm³/mol. The summed E-state index contributed by atoms with van der Waals surface area (Å²) in [5, 5.41) is 3.07. The van der Waals surface area contributed by atoms with E-state index in [1.807, 2.05) is 31.2 Å². The molecule has 2 amide bonds. The summed E-state index contributed by atoms with van der Waals surface area (Å²) in [6.07, 6.45) is 4.50. The van der Waals surface area contributed by atoms with E-state index in [1.54, 1.807) is 11.0 Å². The third-order valence-corrected chi connectivity index (χ3v) is 4.28. The molecule has 0 saturated carbocycles. The molecule has 0 spiro atoms. The van der Waals surface area contributed by atoms with Gasteiger partial charge in [-0.2, -0.15) is 0 Å². The monoisotopic (exact) mass is 312 g/mol. The first-order valence-electron chi connectivity index (χ1n) is 7.83. The van der Waals surface area contributed by atoms with Crippen molar-refractivity contribution < 1.29 is 14.0 Å². The topological polar surface area (TPSA) is 62.6 Å². The lowest BCUT2D eigenvalue weighted by Crippen LogP contribution is -2.46. The van der Waals surface area contributed by atoms with Gasteiger partial charge in [-0.1, -0.05) is 18.2 Å². The second kappa shape index (κ2) is 6.69. The molecular formula is C18H20N2O3. The quantitative estimate of drug-likeness (QED) is 0.947. The van der Waals surface area contributed by atoms with E-state index < -0.39 is 0 Å². The average molecular weight is 312 g/mol. The van der Waals surface area contributed by atoms with Gasteiger partial charge < -0.3 is 14.6 Å². The van der Waals surface area contributed by atoms with Crippen molar-refractivity contribution in [2.75, 3.05) is 13.1 Å². The molecule has 1 saturated heterocycles. The molecule has 1 fully saturated rings. The zero-order valence-electron chi connectivity index (χ0n) is 13.1. The van der Waals surface area contributed by atoms with Crippen molar-refractivity contribution in [1.29, 1.82) is 0 Å². The van der Waals surface area contributed by atoms with Crippen molar-refractivity contribution in [2.24, 2.45) is 0 Å². The van der Waals surface area contributed by atoms with Crippen molar-refractivity contribution >= 4 is 11.8 Å². The van der Waals surface area contributed by atoms with Crippen molar-refractivity contribution in [3.63, 3.8) is 0 Å². The lowest BCUT2D eigenvalue weighted by Gasteiger charge is -2.32. The molecule has 0 atom stereocenters. The maximum atomic E-state index is 12.3. The standard InChI is InChI=1S/C18H20N2O3/c1-13-4-2-3-5-16(13)17(21)19-15-6-9-20(10-7-15)18(22)14-8-11-23-12-14/h2-5,8,11-12,15H,6-7,9-10H2,1H3,(H,19,21). The summed E-state index contributed by atoms with van der Waals surface area (Å²) in [5.74, 6) is -0.0508. The number of carbonyl (C=O) groups excluding carboxylic acids is 2. The molecule has 23 heavy (non-hydrogen) atoms. The number of benzene rings is 1. The van der Waals surface area contributed by atoms with E-state index in [0.29, 0.717) is 24.2 Å². The molecule has 0 bridgehead atoms. The lowest BCUT2D eigenvalue weighted by molar-refractivity contribution is 0.0697. The highest BCUT2D eigenvalue weighted by Crippen LogP contribution is 2.15. The summed E-state index contributed by atoms with van der Waals surface area (Å²) in [7, 11) is 0. The van der Waals surface area contributed by atoms with Crippen LogP contribution in [-0.4, -0.2) is 35.8 Å².